The maximum absolute atomic E-state index is 12.8. The van der Waals surface area contributed by atoms with E-state index in [-0.39, 0.29) is 18.0 Å². The molecule has 0 radical (unpaired) electrons. The topological polar surface area (TPSA) is 68.5 Å². The molecule has 2 aromatic rings. The standard InChI is InChI=1S/C15H12F3NO4/c1-23-8-11-5-6-12(14(21)22)13(20)19(11)10-4-2-3-9(7-10)15(16,17)18/h2-7H,8H2,1H3,(H,21,22). The predicted molar refractivity (Wildman–Crippen MR) is 74.7 cm³/mol. The Labute approximate surface area is 128 Å². The Balaban J connectivity index is 2.73. The zero-order chi connectivity index (χ0) is 17.2. The number of nitrogens with zero attached hydrogens (tertiary/aromatic N) is 1. The van der Waals surface area contributed by atoms with Gasteiger partial charge in [-0.05, 0) is 30.3 Å². The van der Waals surface area contributed by atoms with Crippen molar-refractivity contribution in [2.45, 2.75) is 12.8 Å². The second kappa shape index (κ2) is 6.25. The van der Waals surface area contributed by atoms with E-state index in [0.717, 1.165) is 28.8 Å². The van der Waals surface area contributed by atoms with Crippen LogP contribution in [0.1, 0.15) is 21.6 Å². The SMILES string of the molecule is COCc1ccc(C(=O)O)c(=O)n1-c1cccc(C(F)(F)F)c1. The van der Waals surface area contributed by atoms with Gasteiger partial charge in [0.25, 0.3) is 5.56 Å². The van der Waals surface area contributed by atoms with Crippen molar-refractivity contribution in [3.8, 4) is 5.69 Å². The van der Waals surface area contributed by atoms with Crippen LogP contribution in [0.15, 0.2) is 41.2 Å². The summed E-state index contributed by atoms with van der Waals surface area (Å²) in [6, 6.07) is 6.52. The summed E-state index contributed by atoms with van der Waals surface area (Å²) in [5.74, 6) is -1.46. The summed E-state index contributed by atoms with van der Waals surface area (Å²) in [7, 11) is 1.35. The van der Waals surface area contributed by atoms with Crippen LogP contribution in [-0.4, -0.2) is 22.8 Å². The number of ether oxygens (including phenoxy) is 1. The van der Waals surface area contributed by atoms with Gasteiger partial charge in [0.05, 0.1) is 17.9 Å². The van der Waals surface area contributed by atoms with Gasteiger partial charge in [0.1, 0.15) is 5.56 Å². The van der Waals surface area contributed by atoms with E-state index in [2.05, 4.69) is 0 Å². The summed E-state index contributed by atoms with van der Waals surface area (Å²) in [5, 5.41) is 9.02. The van der Waals surface area contributed by atoms with E-state index >= 15 is 0 Å². The minimum absolute atomic E-state index is 0.0641. The molecular formula is C15H12F3NO4. The number of carboxylic acid groups (broad SMARTS) is 1. The Bertz CT molecular complexity index is 796. The van der Waals surface area contributed by atoms with E-state index < -0.39 is 28.8 Å². The minimum atomic E-state index is -4.58. The van der Waals surface area contributed by atoms with Crippen molar-refractivity contribution >= 4 is 5.97 Å². The van der Waals surface area contributed by atoms with Gasteiger partial charge in [-0.25, -0.2) is 4.79 Å². The highest BCUT2D eigenvalue weighted by Gasteiger charge is 2.30. The van der Waals surface area contributed by atoms with Crippen LogP contribution in [0.5, 0.6) is 0 Å². The number of aromatic carboxylic acids is 1. The third kappa shape index (κ3) is 3.42. The van der Waals surface area contributed by atoms with Gasteiger partial charge in [-0.2, -0.15) is 13.2 Å². The number of carboxylic acids is 1. The summed E-state index contributed by atoms with van der Waals surface area (Å²) in [6.07, 6.45) is -4.58. The van der Waals surface area contributed by atoms with Crippen molar-refractivity contribution in [1.82, 2.24) is 4.57 Å². The van der Waals surface area contributed by atoms with E-state index in [0.29, 0.717) is 0 Å². The van der Waals surface area contributed by atoms with Gasteiger partial charge >= 0.3 is 12.1 Å². The zero-order valence-electron chi connectivity index (χ0n) is 11.9. The van der Waals surface area contributed by atoms with Crippen LogP contribution >= 0.6 is 0 Å². The number of hydrogen-bond donors (Lipinski definition) is 1. The Morgan fingerprint density at radius 2 is 1.96 bits per heavy atom. The number of carbonyl (C=O) groups is 1. The van der Waals surface area contributed by atoms with Crippen molar-refractivity contribution in [2.24, 2.45) is 0 Å². The predicted octanol–water partition coefficient (Wildman–Crippen LogP) is 2.70. The summed E-state index contributed by atoms with van der Waals surface area (Å²) in [5.41, 5.74) is -2.25. The number of pyridine rings is 1. The summed E-state index contributed by atoms with van der Waals surface area (Å²) < 4.78 is 44.3. The van der Waals surface area contributed by atoms with Gasteiger partial charge in [-0.1, -0.05) is 6.07 Å². The molecule has 8 heteroatoms. The maximum atomic E-state index is 12.8. The van der Waals surface area contributed by atoms with E-state index in [1.54, 1.807) is 0 Å². The zero-order valence-corrected chi connectivity index (χ0v) is 11.9. The number of halogens is 3. The summed E-state index contributed by atoms with van der Waals surface area (Å²) in [6.45, 7) is -0.0641. The molecule has 0 aliphatic rings. The molecule has 5 nitrogen and oxygen atoms in total. The van der Waals surface area contributed by atoms with E-state index in [9.17, 15) is 22.8 Å². The smallest absolute Gasteiger partial charge is 0.416 e. The van der Waals surface area contributed by atoms with Crippen molar-refractivity contribution < 1.29 is 27.8 Å². The molecule has 0 saturated carbocycles. The lowest BCUT2D eigenvalue weighted by Crippen LogP contribution is -2.28. The molecule has 0 spiro atoms. The van der Waals surface area contributed by atoms with Crippen LogP contribution in [0.4, 0.5) is 13.2 Å². The number of methoxy groups -OCH3 is 1. The van der Waals surface area contributed by atoms with Crippen LogP contribution < -0.4 is 5.56 Å². The first-order chi connectivity index (χ1) is 10.8. The second-order valence-corrected chi connectivity index (χ2v) is 4.67. The van der Waals surface area contributed by atoms with Crippen LogP contribution in [0.25, 0.3) is 5.69 Å². The largest absolute Gasteiger partial charge is 0.477 e. The molecule has 0 atom stereocenters. The number of aromatic nitrogens is 1. The highest BCUT2D eigenvalue weighted by Crippen LogP contribution is 2.30. The van der Waals surface area contributed by atoms with Crippen LogP contribution in [0, 0.1) is 0 Å². The molecule has 0 fully saturated rings. The molecule has 0 bridgehead atoms. The molecule has 1 aromatic heterocycles. The van der Waals surface area contributed by atoms with Crippen molar-refractivity contribution in [3.63, 3.8) is 0 Å². The number of rotatable bonds is 4. The normalized spacial score (nSPS) is 11.5. The molecule has 0 aliphatic heterocycles. The first kappa shape index (κ1) is 16.8. The van der Waals surface area contributed by atoms with Gasteiger partial charge in [-0.3, -0.25) is 9.36 Å². The monoisotopic (exact) mass is 327 g/mol. The Kier molecular flexibility index (Phi) is 4.55. The molecule has 2 rings (SSSR count). The van der Waals surface area contributed by atoms with E-state index in [1.165, 1.54) is 19.2 Å². The van der Waals surface area contributed by atoms with Crippen molar-refractivity contribution in [2.75, 3.05) is 7.11 Å². The molecule has 0 amide bonds. The Hall–Kier alpha value is -2.61. The molecule has 23 heavy (non-hydrogen) atoms. The molecule has 0 unspecified atom stereocenters. The first-order valence-corrected chi connectivity index (χ1v) is 6.40. The summed E-state index contributed by atoms with van der Waals surface area (Å²) >= 11 is 0. The Morgan fingerprint density at radius 1 is 1.26 bits per heavy atom. The van der Waals surface area contributed by atoms with Crippen LogP contribution in [-0.2, 0) is 17.5 Å². The first-order valence-electron chi connectivity index (χ1n) is 6.40. The molecule has 1 heterocycles. The molecule has 0 aliphatic carbocycles. The fraction of sp³-hybridized carbons (Fsp3) is 0.200. The van der Waals surface area contributed by atoms with Crippen LogP contribution in [0.2, 0.25) is 0 Å². The fourth-order valence-electron chi connectivity index (χ4n) is 2.10. The molecule has 1 aromatic carbocycles. The van der Waals surface area contributed by atoms with Gasteiger partial charge < -0.3 is 9.84 Å². The number of benzene rings is 1. The van der Waals surface area contributed by atoms with Gasteiger partial charge in [-0.15, -0.1) is 0 Å². The third-order valence-electron chi connectivity index (χ3n) is 3.12. The summed E-state index contributed by atoms with van der Waals surface area (Å²) in [4.78, 5) is 23.4. The van der Waals surface area contributed by atoms with E-state index in [4.69, 9.17) is 9.84 Å². The lowest BCUT2D eigenvalue weighted by molar-refractivity contribution is -0.137. The third-order valence-corrected chi connectivity index (χ3v) is 3.12. The van der Waals surface area contributed by atoms with Crippen molar-refractivity contribution in [1.29, 1.82) is 0 Å². The number of alkyl halides is 3. The van der Waals surface area contributed by atoms with Gasteiger partial charge in [0.2, 0.25) is 0 Å². The molecule has 0 saturated heterocycles. The molecular weight excluding hydrogens is 315 g/mol. The van der Waals surface area contributed by atoms with Gasteiger partial charge in [0, 0.05) is 12.8 Å². The molecule has 1 N–H and O–H groups in total. The molecule has 122 valence electrons. The second-order valence-electron chi connectivity index (χ2n) is 4.67. The highest BCUT2D eigenvalue weighted by molar-refractivity contribution is 5.87. The maximum Gasteiger partial charge on any atom is 0.416 e. The average Bonchev–Trinajstić information content (AvgIpc) is 2.46. The number of hydrogen-bond acceptors (Lipinski definition) is 3. The highest BCUT2D eigenvalue weighted by atomic mass is 19.4. The lowest BCUT2D eigenvalue weighted by atomic mass is 10.1. The van der Waals surface area contributed by atoms with Crippen molar-refractivity contribution in [3.05, 3.63) is 63.6 Å². The lowest BCUT2D eigenvalue weighted by Gasteiger charge is -2.15. The average molecular weight is 327 g/mol. The fourth-order valence-corrected chi connectivity index (χ4v) is 2.10. The quantitative estimate of drug-likeness (QED) is 0.937. The Morgan fingerprint density at radius 3 is 2.52 bits per heavy atom. The van der Waals surface area contributed by atoms with Crippen LogP contribution in [0.3, 0.4) is 0 Å². The van der Waals surface area contributed by atoms with Gasteiger partial charge in [0.15, 0.2) is 0 Å². The minimum Gasteiger partial charge on any atom is -0.477 e. The van der Waals surface area contributed by atoms with E-state index in [1.807, 2.05) is 0 Å².